The number of nitrogens with zero attached hydrogens (tertiary/aromatic N) is 2. The lowest BCUT2D eigenvalue weighted by Crippen LogP contribution is -2.34. The van der Waals surface area contributed by atoms with Crippen molar-refractivity contribution in [3.8, 4) is 6.07 Å². The van der Waals surface area contributed by atoms with E-state index >= 15 is 0 Å². The monoisotopic (exact) mass is 337 g/mol. The van der Waals surface area contributed by atoms with E-state index in [4.69, 9.17) is 5.26 Å². The first-order chi connectivity index (χ1) is 12.2. The van der Waals surface area contributed by atoms with Gasteiger partial charge < -0.3 is 9.88 Å². The van der Waals surface area contributed by atoms with Gasteiger partial charge in [-0.2, -0.15) is 5.26 Å². The Hall–Kier alpha value is -2.87. The highest BCUT2D eigenvalue weighted by Gasteiger charge is 2.26. The fourth-order valence-electron chi connectivity index (χ4n) is 3.78. The molecule has 0 aliphatic carbocycles. The van der Waals surface area contributed by atoms with E-state index < -0.39 is 11.6 Å². The number of hydrogen-bond donors (Lipinski definition) is 1. The van der Waals surface area contributed by atoms with Gasteiger partial charge in [0.2, 0.25) is 0 Å². The molecule has 2 heterocycles. The van der Waals surface area contributed by atoms with Gasteiger partial charge in [-0.3, -0.25) is 0 Å². The fraction of sp³-hybridized carbons (Fsp3) is 0.250. The van der Waals surface area contributed by atoms with E-state index in [0.29, 0.717) is 19.0 Å². The second kappa shape index (κ2) is 6.21. The first kappa shape index (κ1) is 15.6. The van der Waals surface area contributed by atoms with Gasteiger partial charge in [0.15, 0.2) is 11.6 Å². The maximum atomic E-state index is 14.2. The summed E-state index contributed by atoms with van der Waals surface area (Å²) in [5.74, 6) is -0.957. The van der Waals surface area contributed by atoms with E-state index in [1.807, 2.05) is 18.3 Å². The van der Waals surface area contributed by atoms with Gasteiger partial charge in [-0.15, -0.1) is 0 Å². The maximum Gasteiger partial charge on any atom is 0.150 e. The number of H-pyrrole nitrogens is 1. The number of anilines is 1. The van der Waals surface area contributed by atoms with Crippen LogP contribution in [0, 0.1) is 23.0 Å². The van der Waals surface area contributed by atoms with Crippen LogP contribution in [-0.4, -0.2) is 18.1 Å². The minimum Gasteiger partial charge on any atom is -0.367 e. The zero-order valence-corrected chi connectivity index (χ0v) is 13.6. The minimum atomic E-state index is -0.665. The number of rotatable bonds is 2. The molecular weight excluding hydrogens is 320 g/mol. The molecule has 126 valence electrons. The summed E-state index contributed by atoms with van der Waals surface area (Å²) in [7, 11) is 0. The SMILES string of the molecule is N#Cc1cc(F)c(N2CCC(c3c[nH]c4ccccc34)CC2)c(F)c1. The Kier molecular flexibility index (Phi) is 3.89. The lowest BCUT2D eigenvalue weighted by atomic mass is 9.89. The average molecular weight is 337 g/mol. The fourth-order valence-corrected chi connectivity index (χ4v) is 3.78. The summed E-state index contributed by atoms with van der Waals surface area (Å²) in [6, 6.07) is 12.2. The number of aromatic nitrogens is 1. The molecule has 25 heavy (non-hydrogen) atoms. The molecule has 2 aromatic carbocycles. The van der Waals surface area contributed by atoms with E-state index in [0.717, 1.165) is 30.5 Å². The number of benzene rings is 2. The molecule has 1 aliphatic heterocycles. The number of hydrogen-bond acceptors (Lipinski definition) is 2. The lowest BCUT2D eigenvalue weighted by molar-refractivity contribution is 0.488. The Labute approximate surface area is 144 Å². The van der Waals surface area contributed by atoms with Crippen molar-refractivity contribution in [1.82, 2.24) is 4.98 Å². The first-order valence-electron chi connectivity index (χ1n) is 8.37. The van der Waals surface area contributed by atoms with E-state index in [9.17, 15) is 8.78 Å². The number of halogens is 2. The van der Waals surface area contributed by atoms with Crippen molar-refractivity contribution in [1.29, 1.82) is 5.26 Å². The summed E-state index contributed by atoms with van der Waals surface area (Å²) >= 11 is 0. The summed E-state index contributed by atoms with van der Waals surface area (Å²) in [6.07, 6.45) is 3.72. The van der Waals surface area contributed by atoms with Crippen LogP contribution in [-0.2, 0) is 0 Å². The summed E-state index contributed by atoms with van der Waals surface area (Å²) in [5.41, 5.74) is 2.38. The van der Waals surface area contributed by atoms with Crippen molar-refractivity contribution < 1.29 is 8.78 Å². The van der Waals surface area contributed by atoms with Crippen molar-refractivity contribution in [3.63, 3.8) is 0 Å². The van der Waals surface area contributed by atoms with Crippen LogP contribution in [0.4, 0.5) is 14.5 Å². The number of fused-ring (bicyclic) bond motifs is 1. The number of piperidine rings is 1. The highest BCUT2D eigenvalue weighted by molar-refractivity contribution is 5.83. The molecule has 0 unspecified atom stereocenters. The molecule has 3 aromatic rings. The van der Waals surface area contributed by atoms with E-state index in [1.54, 1.807) is 11.0 Å². The van der Waals surface area contributed by atoms with E-state index in [2.05, 4.69) is 17.1 Å². The quantitative estimate of drug-likeness (QED) is 0.736. The predicted octanol–water partition coefficient (Wildman–Crippen LogP) is 4.70. The molecule has 4 rings (SSSR count). The van der Waals surface area contributed by atoms with E-state index in [1.165, 1.54) is 10.9 Å². The Morgan fingerprint density at radius 1 is 1.08 bits per heavy atom. The lowest BCUT2D eigenvalue weighted by Gasteiger charge is -2.34. The number of nitrogens with one attached hydrogen (secondary N) is 1. The van der Waals surface area contributed by atoms with Gasteiger partial charge in [-0.05, 0) is 42.5 Å². The Morgan fingerprint density at radius 2 is 1.76 bits per heavy atom. The molecule has 0 atom stereocenters. The zero-order valence-electron chi connectivity index (χ0n) is 13.6. The number of aromatic amines is 1. The second-order valence-electron chi connectivity index (χ2n) is 6.45. The van der Waals surface area contributed by atoms with E-state index in [-0.39, 0.29) is 11.3 Å². The van der Waals surface area contributed by atoms with Gasteiger partial charge in [0.1, 0.15) is 5.69 Å². The number of para-hydroxylation sites is 1. The summed E-state index contributed by atoms with van der Waals surface area (Å²) in [6.45, 7) is 1.17. The van der Waals surface area contributed by atoms with Crippen LogP contribution in [0.1, 0.15) is 29.9 Å². The molecule has 1 aromatic heterocycles. The molecule has 0 spiro atoms. The molecule has 0 saturated carbocycles. The summed E-state index contributed by atoms with van der Waals surface area (Å²) < 4.78 is 28.4. The van der Waals surface area contributed by atoms with Crippen LogP contribution in [0.15, 0.2) is 42.6 Å². The van der Waals surface area contributed by atoms with Crippen LogP contribution in [0.5, 0.6) is 0 Å². The first-order valence-corrected chi connectivity index (χ1v) is 8.37. The molecule has 0 radical (unpaired) electrons. The van der Waals surface area contributed by atoms with Gasteiger partial charge in [-0.1, -0.05) is 18.2 Å². The highest BCUT2D eigenvalue weighted by atomic mass is 19.1. The molecule has 1 aliphatic rings. The minimum absolute atomic E-state index is 0.00688. The van der Waals surface area contributed by atoms with Gasteiger partial charge in [0.05, 0.1) is 11.6 Å². The van der Waals surface area contributed by atoms with Gasteiger partial charge in [0, 0.05) is 30.2 Å². The van der Waals surface area contributed by atoms with Crippen molar-refractivity contribution in [2.24, 2.45) is 0 Å². The van der Waals surface area contributed by atoms with Crippen LogP contribution < -0.4 is 4.90 Å². The molecule has 1 fully saturated rings. The summed E-state index contributed by atoms with van der Waals surface area (Å²) in [4.78, 5) is 5.04. The Balaban J connectivity index is 1.55. The molecule has 0 amide bonds. The topological polar surface area (TPSA) is 42.8 Å². The third-order valence-electron chi connectivity index (χ3n) is 5.02. The van der Waals surface area contributed by atoms with Gasteiger partial charge in [-0.25, -0.2) is 8.78 Å². The molecule has 1 saturated heterocycles. The van der Waals surface area contributed by atoms with Crippen LogP contribution in [0.3, 0.4) is 0 Å². The third-order valence-corrected chi connectivity index (χ3v) is 5.02. The van der Waals surface area contributed by atoms with Crippen molar-refractivity contribution in [2.45, 2.75) is 18.8 Å². The van der Waals surface area contributed by atoms with Crippen LogP contribution in [0.2, 0.25) is 0 Å². The standard InChI is InChI=1S/C20H17F2N3/c21-17-9-13(11-23)10-18(22)20(17)25-7-5-14(6-8-25)16-12-24-19-4-2-1-3-15(16)19/h1-4,9-10,12,14,24H,5-8H2. The Bertz CT molecular complexity index is 939. The van der Waals surface area contributed by atoms with Gasteiger partial charge in [0.25, 0.3) is 0 Å². The third kappa shape index (κ3) is 2.74. The normalized spacial score (nSPS) is 15.5. The summed E-state index contributed by atoms with van der Waals surface area (Å²) in [5, 5.41) is 10.0. The molecule has 3 nitrogen and oxygen atoms in total. The largest absolute Gasteiger partial charge is 0.367 e. The van der Waals surface area contributed by atoms with Crippen molar-refractivity contribution >= 4 is 16.6 Å². The predicted molar refractivity (Wildman–Crippen MR) is 93.6 cm³/mol. The maximum absolute atomic E-state index is 14.2. The zero-order chi connectivity index (χ0) is 17.4. The van der Waals surface area contributed by atoms with Gasteiger partial charge >= 0.3 is 0 Å². The molecule has 5 heteroatoms. The smallest absolute Gasteiger partial charge is 0.150 e. The second-order valence-corrected chi connectivity index (χ2v) is 6.45. The average Bonchev–Trinajstić information content (AvgIpc) is 3.06. The van der Waals surface area contributed by atoms with Crippen molar-refractivity contribution in [3.05, 3.63) is 65.4 Å². The number of nitriles is 1. The molecular formula is C20H17F2N3. The van der Waals surface area contributed by atoms with Crippen LogP contribution >= 0.6 is 0 Å². The molecule has 1 N–H and O–H groups in total. The molecule has 0 bridgehead atoms. The Morgan fingerprint density at radius 3 is 2.44 bits per heavy atom. The van der Waals surface area contributed by atoms with Crippen molar-refractivity contribution in [2.75, 3.05) is 18.0 Å². The van der Waals surface area contributed by atoms with Crippen LogP contribution in [0.25, 0.3) is 10.9 Å². The highest BCUT2D eigenvalue weighted by Crippen LogP contribution is 2.36.